The molecule has 1 aromatic rings. The number of rotatable bonds is 4. The Bertz CT molecular complexity index is 413. The lowest BCUT2D eigenvalue weighted by molar-refractivity contribution is -0.139. The van der Waals surface area contributed by atoms with Crippen molar-refractivity contribution >= 4 is 17.6 Å². The summed E-state index contributed by atoms with van der Waals surface area (Å²) >= 11 is 5.92. The molecule has 0 radical (unpaired) electrons. The summed E-state index contributed by atoms with van der Waals surface area (Å²) in [5, 5.41) is 9.96. The van der Waals surface area contributed by atoms with E-state index in [-0.39, 0.29) is 0 Å². The quantitative estimate of drug-likeness (QED) is 0.911. The van der Waals surface area contributed by atoms with Gasteiger partial charge in [-0.25, -0.2) is 0 Å². The Kier molecular flexibility index (Phi) is 4.61. The molecule has 1 N–H and O–H groups in total. The summed E-state index contributed by atoms with van der Waals surface area (Å²) in [6, 6.07) is 7.15. The number of ether oxygens (including phenoxy) is 1. The van der Waals surface area contributed by atoms with Crippen LogP contribution in [-0.4, -0.2) is 24.3 Å². The molecule has 98 valence electrons. The van der Waals surface area contributed by atoms with Crippen molar-refractivity contribution in [2.75, 3.05) is 13.2 Å². The van der Waals surface area contributed by atoms with Gasteiger partial charge in [0, 0.05) is 18.2 Å². The van der Waals surface area contributed by atoms with Crippen LogP contribution in [0, 0.1) is 5.92 Å². The maximum Gasteiger partial charge on any atom is 0.310 e. The maximum atomic E-state index is 11.4. The SMILES string of the molecule is O=C(O)C(CC1CCOCC1)c1cccc(Cl)c1. The molecule has 2 rings (SSSR count). The van der Waals surface area contributed by atoms with Crippen molar-refractivity contribution < 1.29 is 14.6 Å². The number of aliphatic carboxylic acids is 1. The first-order chi connectivity index (χ1) is 8.66. The fourth-order valence-corrected chi connectivity index (χ4v) is 2.62. The van der Waals surface area contributed by atoms with E-state index in [0.717, 1.165) is 31.6 Å². The van der Waals surface area contributed by atoms with E-state index in [0.29, 0.717) is 17.4 Å². The van der Waals surface area contributed by atoms with Crippen molar-refractivity contribution in [1.82, 2.24) is 0 Å². The number of carboxylic acid groups (broad SMARTS) is 1. The Morgan fingerprint density at radius 3 is 2.78 bits per heavy atom. The van der Waals surface area contributed by atoms with E-state index in [2.05, 4.69) is 0 Å². The Balaban J connectivity index is 2.10. The van der Waals surface area contributed by atoms with Crippen LogP contribution < -0.4 is 0 Å². The van der Waals surface area contributed by atoms with Crippen LogP contribution in [-0.2, 0) is 9.53 Å². The first-order valence-corrected chi connectivity index (χ1v) is 6.60. The number of hydrogen-bond donors (Lipinski definition) is 1. The van der Waals surface area contributed by atoms with Crippen LogP contribution in [0.15, 0.2) is 24.3 Å². The first-order valence-electron chi connectivity index (χ1n) is 6.23. The highest BCUT2D eigenvalue weighted by Crippen LogP contribution is 2.30. The Labute approximate surface area is 112 Å². The molecule has 4 heteroatoms. The lowest BCUT2D eigenvalue weighted by Crippen LogP contribution is -2.21. The number of halogens is 1. The zero-order valence-corrected chi connectivity index (χ0v) is 10.9. The molecule has 0 amide bonds. The highest BCUT2D eigenvalue weighted by molar-refractivity contribution is 6.30. The summed E-state index contributed by atoms with van der Waals surface area (Å²) in [5.74, 6) is -0.811. The number of hydrogen-bond acceptors (Lipinski definition) is 2. The van der Waals surface area contributed by atoms with E-state index >= 15 is 0 Å². The second-order valence-corrected chi connectivity index (χ2v) is 5.17. The lowest BCUT2D eigenvalue weighted by Gasteiger charge is -2.25. The van der Waals surface area contributed by atoms with Gasteiger partial charge in [-0.3, -0.25) is 4.79 Å². The van der Waals surface area contributed by atoms with Gasteiger partial charge in [0.05, 0.1) is 5.92 Å². The second kappa shape index (κ2) is 6.21. The topological polar surface area (TPSA) is 46.5 Å². The normalized spacial score (nSPS) is 18.5. The van der Waals surface area contributed by atoms with Crippen LogP contribution in [0.3, 0.4) is 0 Å². The van der Waals surface area contributed by atoms with Crippen molar-refractivity contribution in [3.8, 4) is 0 Å². The summed E-state index contributed by atoms with van der Waals surface area (Å²) < 4.78 is 5.30. The molecule has 1 fully saturated rings. The molecule has 3 nitrogen and oxygen atoms in total. The van der Waals surface area contributed by atoms with Crippen molar-refractivity contribution in [3.63, 3.8) is 0 Å². The minimum absolute atomic E-state index is 0.429. The van der Waals surface area contributed by atoms with E-state index in [1.165, 1.54) is 0 Å². The number of carbonyl (C=O) groups is 1. The zero-order valence-electron chi connectivity index (χ0n) is 10.1. The van der Waals surface area contributed by atoms with Crippen molar-refractivity contribution in [3.05, 3.63) is 34.9 Å². The third kappa shape index (κ3) is 3.47. The van der Waals surface area contributed by atoms with Gasteiger partial charge < -0.3 is 9.84 Å². The summed E-state index contributed by atoms with van der Waals surface area (Å²) in [7, 11) is 0. The van der Waals surface area contributed by atoms with Gasteiger partial charge >= 0.3 is 5.97 Å². The lowest BCUT2D eigenvalue weighted by atomic mass is 9.85. The molecular weight excluding hydrogens is 252 g/mol. The van der Waals surface area contributed by atoms with Crippen molar-refractivity contribution in [2.45, 2.75) is 25.2 Å². The second-order valence-electron chi connectivity index (χ2n) is 4.74. The molecule has 0 bridgehead atoms. The average molecular weight is 269 g/mol. The third-order valence-electron chi connectivity index (χ3n) is 3.46. The predicted octanol–water partition coefficient (Wildman–Crippen LogP) is 3.32. The Morgan fingerprint density at radius 2 is 2.17 bits per heavy atom. The van der Waals surface area contributed by atoms with Gasteiger partial charge in [0.25, 0.3) is 0 Å². The van der Waals surface area contributed by atoms with Crippen LogP contribution in [0.2, 0.25) is 5.02 Å². The largest absolute Gasteiger partial charge is 0.481 e. The van der Waals surface area contributed by atoms with E-state index in [4.69, 9.17) is 16.3 Å². The van der Waals surface area contributed by atoms with Crippen LogP contribution in [0.4, 0.5) is 0 Å². The fourth-order valence-electron chi connectivity index (χ4n) is 2.42. The van der Waals surface area contributed by atoms with E-state index in [1.807, 2.05) is 6.07 Å². The van der Waals surface area contributed by atoms with E-state index in [1.54, 1.807) is 18.2 Å². The summed E-state index contributed by atoms with van der Waals surface area (Å²) in [6.45, 7) is 1.49. The Hall–Kier alpha value is -1.06. The average Bonchev–Trinajstić information content (AvgIpc) is 2.37. The number of benzene rings is 1. The van der Waals surface area contributed by atoms with Gasteiger partial charge in [-0.1, -0.05) is 23.7 Å². The highest BCUT2D eigenvalue weighted by atomic mass is 35.5. The smallest absolute Gasteiger partial charge is 0.310 e. The first kappa shape index (κ1) is 13.4. The molecule has 1 aliphatic heterocycles. The summed E-state index contributed by atoms with van der Waals surface area (Å²) in [5.41, 5.74) is 0.793. The van der Waals surface area contributed by atoms with Gasteiger partial charge in [0.1, 0.15) is 0 Å². The van der Waals surface area contributed by atoms with Crippen LogP contribution >= 0.6 is 11.6 Å². The minimum atomic E-state index is -0.774. The molecule has 1 aromatic carbocycles. The van der Waals surface area contributed by atoms with E-state index in [9.17, 15) is 9.90 Å². The maximum absolute atomic E-state index is 11.4. The summed E-state index contributed by atoms with van der Waals surface area (Å²) in [6.07, 6.45) is 2.56. The molecule has 18 heavy (non-hydrogen) atoms. The molecule has 1 atom stereocenters. The molecule has 1 saturated heterocycles. The fraction of sp³-hybridized carbons (Fsp3) is 0.500. The van der Waals surface area contributed by atoms with Crippen LogP contribution in [0.5, 0.6) is 0 Å². The molecule has 0 aromatic heterocycles. The summed E-state index contributed by atoms with van der Waals surface area (Å²) in [4.78, 5) is 11.4. The van der Waals surface area contributed by atoms with Crippen molar-refractivity contribution in [1.29, 1.82) is 0 Å². The van der Waals surface area contributed by atoms with Crippen LogP contribution in [0.1, 0.15) is 30.7 Å². The van der Waals surface area contributed by atoms with Gasteiger partial charge in [-0.05, 0) is 42.9 Å². The van der Waals surface area contributed by atoms with Crippen molar-refractivity contribution in [2.24, 2.45) is 5.92 Å². The van der Waals surface area contributed by atoms with Crippen LogP contribution in [0.25, 0.3) is 0 Å². The number of carboxylic acids is 1. The minimum Gasteiger partial charge on any atom is -0.481 e. The third-order valence-corrected chi connectivity index (χ3v) is 3.69. The van der Waals surface area contributed by atoms with Gasteiger partial charge in [-0.2, -0.15) is 0 Å². The zero-order chi connectivity index (χ0) is 13.0. The van der Waals surface area contributed by atoms with Gasteiger partial charge in [-0.15, -0.1) is 0 Å². The standard InChI is InChI=1S/C14H17ClO3/c15-12-3-1-2-11(9-12)13(14(16)17)8-10-4-6-18-7-5-10/h1-3,9-10,13H,4-8H2,(H,16,17). The molecule has 1 heterocycles. The molecular formula is C14H17ClO3. The van der Waals surface area contributed by atoms with Gasteiger partial charge in [0.15, 0.2) is 0 Å². The van der Waals surface area contributed by atoms with Gasteiger partial charge in [0.2, 0.25) is 0 Å². The Morgan fingerprint density at radius 1 is 1.44 bits per heavy atom. The molecule has 0 saturated carbocycles. The van der Waals surface area contributed by atoms with E-state index < -0.39 is 11.9 Å². The molecule has 0 spiro atoms. The predicted molar refractivity (Wildman–Crippen MR) is 70.0 cm³/mol. The molecule has 1 aliphatic rings. The molecule has 0 aliphatic carbocycles. The highest BCUT2D eigenvalue weighted by Gasteiger charge is 2.25. The monoisotopic (exact) mass is 268 g/mol. The molecule has 1 unspecified atom stereocenters.